The molecule has 0 amide bonds. The zero-order valence-electron chi connectivity index (χ0n) is 9.27. The van der Waals surface area contributed by atoms with Gasteiger partial charge in [0.2, 0.25) is 0 Å². The Morgan fingerprint density at radius 3 is 2.76 bits per heavy atom. The van der Waals surface area contributed by atoms with Crippen molar-refractivity contribution in [1.82, 2.24) is 0 Å². The molecule has 0 aliphatic heterocycles. The first kappa shape index (κ1) is 12.6. The van der Waals surface area contributed by atoms with Crippen molar-refractivity contribution in [3.8, 4) is 17.6 Å². The SMILES string of the molecule is C=C(COc1ccc(C#N)cc1OC)C(=O)O. The first-order valence-corrected chi connectivity index (χ1v) is 4.70. The Bertz CT molecular complexity index is 488. The molecule has 0 unspecified atom stereocenters. The standard InChI is InChI=1S/C12H11NO4/c1-8(12(14)15)7-17-10-4-3-9(6-13)5-11(10)16-2/h3-5H,1,7H2,2H3,(H,14,15). The van der Waals surface area contributed by atoms with Gasteiger partial charge in [-0.25, -0.2) is 4.79 Å². The number of hydrogen-bond acceptors (Lipinski definition) is 4. The van der Waals surface area contributed by atoms with E-state index >= 15 is 0 Å². The number of benzene rings is 1. The Hall–Kier alpha value is -2.48. The Kier molecular flexibility index (Phi) is 4.12. The van der Waals surface area contributed by atoms with Crippen LogP contribution in [0.25, 0.3) is 0 Å². The van der Waals surface area contributed by atoms with Crippen LogP contribution in [0.15, 0.2) is 30.4 Å². The van der Waals surface area contributed by atoms with Crippen molar-refractivity contribution in [1.29, 1.82) is 5.26 Å². The Labute approximate surface area is 98.5 Å². The third-order valence-electron chi connectivity index (χ3n) is 2.00. The third kappa shape index (κ3) is 3.24. The van der Waals surface area contributed by atoms with E-state index in [1.807, 2.05) is 6.07 Å². The van der Waals surface area contributed by atoms with E-state index in [1.54, 1.807) is 12.1 Å². The number of methoxy groups -OCH3 is 1. The van der Waals surface area contributed by atoms with Crippen LogP contribution in [0.5, 0.6) is 11.5 Å². The van der Waals surface area contributed by atoms with Gasteiger partial charge >= 0.3 is 5.97 Å². The highest BCUT2D eigenvalue weighted by Crippen LogP contribution is 2.28. The summed E-state index contributed by atoms with van der Waals surface area (Å²) < 4.78 is 10.3. The van der Waals surface area contributed by atoms with Gasteiger partial charge in [-0.1, -0.05) is 6.58 Å². The maximum Gasteiger partial charge on any atom is 0.334 e. The summed E-state index contributed by atoms with van der Waals surface area (Å²) in [7, 11) is 1.44. The van der Waals surface area contributed by atoms with Crippen LogP contribution in [0.1, 0.15) is 5.56 Å². The van der Waals surface area contributed by atoms with Gasteiger partial charge in [-0.15, -0.1) is 0 Å². The van der Waals surface area contributed by atoms with Crippen LogP contribution < -0.4 is 9.47 Å². The second-order valence-corrected chi connectivity index (χ2v) is 3.17. The number of carboxylic acids is 1. The molecule has 88 valence electrons. The van der Waals surface area contributed by atoms with E-state index in [0.717, 1.165) is 0 Å². The van der Waals surface area contributed by atoms with Crippen molar-refractivity contribution in [2.45, 2.75) is 0 Å². The average Bonchev–Trinajstić information content (AvgIpc) is 2.35. The van der Waals surface area contributed by atoms with E-state index in [-0.39, 0.29) is 12.2 Å². The number of carbonyl (C=O) groups is 1. The van der Waals surface area contributed by atoms with Crippen LogP contribution in [0.4, 0.5) is 0 Å². The molecule has 0 saturated heterocycles. The lowest BCUT2D eigenvalue weighted by atomic mass is 10.2. The lowest BCUT2D eigenvalue weighted by molar-refractivity contribution is -0.133. The van der Waals surface area contributed by atoms with E-state index in [4.69, 9.17) is 19.8 Å². The topological polar surface area (TPSA) is 79.5 Å². The van der Waals surface area contributed by atoms with Gasteiger partial charge < -0.3 is 14.6 Å². The Balaban J connectivity index is 2.81. The minimum atomic E-state index is -1.11. The molecule has 17 heavy (non-hydrogen) atoms. The molecular formula is C12H11NO4. The number of carboxylic acid groups (broad SMARTS) is 1. The van der Waals surface area contributed by atoms with Crippen LogP contribution in [0.2, 0.25) is 0 Å². The van der Waals surface area contributed by atoms with Crippen LogP contribution in [0.3, 0.4) is 0 Å². The van der Waals surface area contributed by atoms with E-state index in [0.29, 0.717) is 17.1 Å². The predicted molar refractivity (Wildman–Crippen MR) is 60.0 cm³/mol. The molecule has 0 saturated carbocycles. The molecule has 5 heteroatoms. The van der Waals surface area contributed by atoms with Crippen molar-refractivity contribution >= 4 is 5.97 Å². The maximum atomic E-state index is 10.5. The number of ether oxygens (including phenoxy) is 2. The smallest absolute Gasteiger partial charge is 0.334 e. The molecule has 0 atom stereocenters. The molecule has 0 spiro atoms. The molecule has 5 nitrogen and oxygen atoms in total. The van der Waals surface area contributed by atoms with Gasteiger partial charge in [0, 0.05) is 6.07 Å². The monoisotopic (exact) mass is 233 g/mol. The van der Waals surface area contributed by atoms with Crippen LogP contribution in [-0.2, 0) is 4.79 Å². The highest BCUT2D eigenvalue weighted by Gasteiger charge is 2.09. The average molecular weight is 233 g/mol. The summed E-state index contributed by atoms with van der Waals surface area (Å²) in [5.41, 5.74) is 0.377. The fourth-order valence-corrected chi connectivity index (χ4v) is 1.08. The third-order valence-corrected chi connectivity index (χ3v) is 2.00. The molecule has 1 rings (SSSR count). The van der Waals surface area contributed by atoms with Gasteiger partial charge in [0.1, 0.15) is 6.61 Å². The van der Waals surface area contributed by atoms with Crippen molar-refractivity contribution in [3.05, 3.63) is 35.9 Å². The van der Waals surface area contributed by atoms with Crippen LogP contribution in [0, 0.1) is 11.3 Å². The molecule has 0 fully saturated rings. The zero-order chi connectivity index (χ0) is 12.8. The molecule has 0 heterocycles. The number of hydrogen-bond donors (Lipinski definition) is 1. The summed E-state index contributed by atoms with van der Waals surface area (Å²) in [6, 6.07) is 6.58. The molecule has 0 bridgehead atoms. The molecule has 1 aromatic rings. The van der Waals surface area contributed by atoms with Crippen LogP contribution >= 0.6 is 0 Å². The van der Waals surface area contributed by atoms with E-state index in [1.165, 1.54) is 13.2 Å². The highest BCUT2D eigenvalue weighted by atomic mass is 16.5. The van der Waals surface area contributed by atoms with E-state index < -0.39 is 5.97 Å². The van der Waals surface area contributed by atoms with Gasteiger partial charge in [-0.05, 0) is 12.1 Å². The van der Waals surface area contributed by atoms with Crippen molar-refractivity contribution < 1.29 is 19.4 Å². The minimum absolute atomic E-state index is 0.0589. The predicted octanol–water partition coefficient (Wildman–Crippen LogP) is 1.59. The molecule has 0 aromatic heterocycles. The summed E-state index contributed by atoms with van der Waals surface area (Å²) in [5, 5.41) is 17.3. The van der Waals surface area contributed by atoms with Gasteiger partial charge in [0.15, 0.2) is 11.5 Å². The summed E-state index contributed by atoms with van der Waals surface area (Å²) in [6.07, 6.45) is 0. The van der Waals surface area contributed by atoms with Gasteiger partial charge in [-0.2, -0.15) is 5.26 Å². The summed E-state index contributed by atoms with van der Waals surface area (Å²) >= 11 is 0. The summed E-state index contributed by atoms with van der Waals surface area (Å²) in [5.74, 6) is -0.367. The second kappa shape index (κ2) is 5.56. The summed E-state index contributed by atoms with van der Waals surface area (Å²) in [6.45, 7) is 3.20. The Morgan fingerprint density at radius 2 is 2.24 bits per heavy atom. The zero-order valence-corrected chi connectivity index (χ0v) is 9.27. The highest BCUT2D eigenvalue weighted by molar-refractivity contribution is 5.86. The second-order valence-electron chi connectivity index (χ2n) is 3.17. The molecule has 1 N–H and O–H groups in total. The lowest BCUT2D eigenvalue weighted by Crippen LogP contribution is -2.09. The van der Waals surface area contributed by atoms with Gasteiger partial charge in [0.05, 0.1) is 24.3 Å². The number of aliphatic carboxylic acids is 1. The lowest BCUT2D eigenvalue weighted by Gasteiger charge is -2.10. The minimum Gasteiger partial charge on any atom is -0.493 e. The molecule has 1 aromatic carbocycles. The molecule has 0 radical (unpaired) electrons. The van der Waals surface area contributed by atoms with E-state index in [9.17, 15) is 4.79 Å². The molecule has 0 aliphatic carbocycles. The van der Waals surface area contributed by atoms with Crippen molar-refractivity contribution in [2.75, 3.05) is 13.7 Å². The van der Waals surface area contributed by atoms with Gasteiger partial charge in [0.25, 0.3) is 0 Å². The Morgan fingerprint density at radius 1 is 1.53 bits per heavy atom. The summed E-state index contributed by atoms with van der Waals surface area (Å²) in [4.78, 5) is 10.5. The van der Waals surface area contributed by atoms with Gasteiger partial charge in [-0.3, -0.25) is 0 Å². The fourth-order valence-electron chi connectivity index (χ4n) is 1.08. The van der Waals surface area contributed by atoms with E-state index in [2.05, 4.69) is 6.58 Å². The molecule has 0 aliphatic rings. The largest absolute Gasteiger partial charge is 0.493 e. The fraction of sp³-hybridized carbons (Fsp3) is 0.167. The quantitative estimate of drug-likeness (QED) is 0.781. The first-order valence-electron chi connectivity index (χ1n) is 4.70. The normalized spacial score (nSPS) is 9.18. The van der Waals surface area contributed by atoms with Crippen molar-refractivity contribution in [3.63, 3.8) is 0 Å². The first-order chi connectivity index (χ1) is 8.08. The molecular weight excluding hydrogens is 222 g/mol. The number of nitrogens with zero attached hydrogens (tertiary/aromatic N) is 1. The van der Waals surface area contributed by atoms with Crippen molar-refractivity contribution in [2.24, 2.45) is 0 Å². The maximum absolute atomic E-state index is 10.5. The number of rotatable bonds is 5. The van der Waals surface area contributed by atoms with Crippen LogP contribution in [-0.4, -0.2) is 24.8 Å². The number of nitriles is 1.